The number of carbonyl (C=O) groups is 1. The van der Waals surface area contributed by atoms with Gasteiger partial charge in [-0.2, -0.15) is 0 Å². The van der Waals surface area contributed by atoms with Gasteiger partial charge in [-0.1, -0.05) is 32.9 Å². The van der Waals surface area contributed by atoms with E-state index in [4.69, 9.17) is 0 Å². The smallest absolute Gasteiger partial charge is 0.311 e. The maximum atomic E-state index is 11.2. The van der Waals surface area contributed by atoms with Crippen molar-refractivity contribution in [3.63, 3.8) is 0 Å². The number of nitrogens with zero attached hydrogens (tertiary/aromatic N) is 1. The van der Waals surface area contributed by atoms with Gasteiger partial charge in [-0.25, -0.2) is 4.98 Å². The van der Waals surface area contributed by atoms with Gasteiger partial charge in [0.1, 0.15) is 0 Å². The van der Waals surface area contributed by atoms with E-state index in [1.807, 2.05) is 17.5 Å². The van der Waals surface area contributed by atoms with Crippen LogP contribution in [0.25, 0.3) is 0 Å². The molecule has 0 spiro atoms. The van der Waals surface area contributed by atoms with Gasteiger partial charge in [-0.15, -0.1) is 11.3 Å². The summed E-state index contributed by atoms with van der Waals surface area (Å²) in [5.41, 5.74) is 3.15. The molecule has 4 nitrogen and oxygen atoms in total. The van der Waals surface area contributed by atoms with Crippen molar-refractivity contribution in [1.82, 2.24) is 4.98 Å². The molecule has 1 aromatic heterocycles. The van der Waals surface area contributed by atoms with E-state index >= 15 is 0 Å². The van der Waals surface area contributed by atoms with E-state index < -0.39 is 0 Å². The Morgan fingerprint density at radius 1 is 1.29 bits per heavy atom. The predicted octanol–water partition coefficient (Wildman–Crippen LogP) is 3.90. The molecule has 0 amide bonds. The highest BCUT2D eigenvalue weighted by molar-refractivity contribution is 7.13. The van der Waals surface area contributed by atoms with E-state index in [1.165, 1.54) is 24.0 Å². The number of ether oxygens (including phenoxy) is 1. The zero-order chi connectivity index (χ0) is 15.5. The van der Waals surface area contributed by atoms with Crippen LogP contribution < -0.4 is 5.32 Å². The molecule has 1 N–H and O–H groups in total. The van der Waals surface area contributed by atoms with Crippen LogP contribution in [0.3, 0.4) is 0 Å². The van der Waals surface area contributed by atoms with Crippen molar-refractivity contribution >= 4 is 28.1 Å². The monoisotopic (exact) mass is 304 g/mol. The molecule has 0 unspecified atom stereocenters. The molecular weight excluding hydrogens is 284 g/mol. The molecule has 0 atom stereocenters. The lowest BCUT2D eigenvalue weighted by Gasteiger charge is -2.19. The number of aromatic nitrogens is 1. The Labute approximate surface area is 129 Å². The minimum absolute atomic E-state index is 0.146. The average Bonchev–Trinajstić information content (AvgIpc) is 2.85. The van der Waals surface area contributed by atoms with Gasteiger partial charge in [0.2, 0.25) is 0 Å². The number of benzene rings is 1. The van der Waals surface area contributed by atoms with Crippen LogP contribution in [0.2, 0.25) is 0 Å². The molecule has 112 valence electrons. The Morgan fingerprint density at radius 2 is 1.95 bits per heavy atom. The van der Waals surface area contributed by atoms with Gasteiger partial charge in [0.15, 0.2) is 5.13 Å². The normalized spacial score (nSPS) is 11.2. The fourth-order valence-electron chi connectivity index (χ4n) is 1.84. The predicted molar refractivity (Wildman–Crippen MR) is 86.3 cm³/mol. The minimum atomic E-state index is -0.276. The van der Waals surface area contributed by atoms with E-state index in [-0.39, 0.29) is 17.8 Å². The molecule has 21 heavy (non-hydrogen) atoms. The van der Waals surface area contributed by atoms with Crippen molar-refractivity contribution in [1.29, 1.82) is 0 Å². The van der Waals surface area contributed by atoms with E-state index in [1.54, 1.807) is 0 Å². The summed E-state index contributed by atoms with van der Waals surface area (Å²) in [6.45, 7) is 6.57. The SMILES string of the molecule is COC(=O)Cc1csc(Nc2ccc(C(C)(C)C)cc2)n1. The summed E-state index contributed by atoms with van der Waals surface area (Å²) in [6, 6.07) is 8.32. The van der Waals surface area contributed by atoms with E-state index in [0.29, 0.717) is 0 Å². The van der Waals surface area contributed by atoms with Crippen LogP contribution in [-0.2, 0) is 21.4 Å². The van der Waals surface area contributed by atoms with Crippen molar-refractivity contribution in [2.24, 2.45) is 0 Å². The molecule has 0 aliphatic heterocycles. The molecule has 0 bridgehead atoms. The topological polar surface area (TPSA) is 51.2 Å². The minimum Gasteiger partial charge on any atom is -0.469 e. The lowest BCUT2D eigenvalue weighted by atomic mass is 9.87. The number of anilines is 2. The molecule has 5 heteroatoms. The number of rotatable bonds is 4. The summed E-state index contributed by atoms with van der Waals surface area (Å²) < 4.78 is 4.63. The molecular formula is C16H20N2O2S. The largest absolute Gasteiger partial charge is 0.469 e. The van der Waals surface area contributed by atoms with Gasteiger partial charge in [0.25, 0.3) is 0 Å². The molecule has 0 saturated heterocycles. The van der Waals surface area contributed by atoms with Gasteiger partial charge in [-0.3, -0.25) is 4.79 Å². The fraction of sp³-hybridized carbons (Fsp3) is 0.375. The highest BCUT2D eigenvalue weighted by atomic mass is 32.1. The molecule has 1 aromatic carbocycles. The second-order valence-corrected chi connectivity index (χ2v) is 6.71. The Balaban J connectivity index is 2.03. The first-order chi connectivity index (χ1) is 9.88. The number of nitrogens with one attached hydrogen (secondary N) is 1. The third kappa shape index (κ3) is 4.29. The molecule has 1 heterocycles. The van der Waals surface area contributed by atoms with Crippen LogP contribution in [0.15, 0.2) is 29.6 Å². The van der Waals surface area contributed by atoms with Gasteiger partial charge >= 0.3 is 5.97 Å². The van der Waals surface area contributed by atoms with Gasteiger partial charge in [-0.05, 0) is 23.1 Å². The van der Waals surface area contributed by atoms with Crippen molar-refractivity contribution in [2.45, 2.75) is 32.6 Å². The summed E-state index contributed by atoms with van der Waals surface area (Å²) >= 11 is 1.48. The first-order valence-corrected chi connectivity index (χ1v) is 7.65. The number of carbonyl (C=O) groups excluding carboxylic acids is 1. The number of esters is 1. The highest BCUT2D eigenvalue weighted by Gasteiger charge is 2.13. The summed E-state index contributed by atoms with van der Waals surface area (Å²) in [7, 11) is 1.38. The van der Waals surface area contributed by atoms with Crippen molar-refractivity contribution < 1.29 is 9.53 Å². The van der Waals surface area contributed by atoms with Gasteiger partial charge in [0.05, 0.1) is 19.2 Å². The molecule has 0 radical (unpaired) electrons. The molecule has 0 aliphatic rings. The number of methoxy groups -OCH3 is 1. The van der Waals surface area contributed by atoms with Crippen LogP contribution in [0.1, 0.15) is 32.0 Å². The standard InChI is InChI=1S/C16H20N2O2S/c1-16(2,3)11-5-7-12(8-6-11)17-15-18-13(10-21-15)9-14(19)20-4/h5-8,10H,9H2,1-4H3,(H,17,18). The first kappa shape index (κ1) is 15.5. The summed E-state index contributed by atoms with van der Waals surface area (Å²) in [6.07, 6.45) is 0.206. The van der Waals surface area contributed by atoms with Crippen LogP contribution in [0.5, 0.6) is 0 Å². The maximum Gasteiger partial charge on any atom is 0.311 e. The third-order valence-electron chi connectivity index (χ3n) is 3.11. The third-order valence-corrected chi connectivity index (χ3v) is 3.91. The van der Waals surface area contributed by atoms with Crippen molar-refractivity contribution in [3.8, 4) is 0 Å². The first-order valence-electron chi connectivity index (χ1n) is 6.77. The van der Waals surface area contributed by atoms with Crippen LogP contribution in [0.4, 0.5) is 10.8 Å². The fourth-order valence-corrected chi connectivity index (χ4v) is 2.57. The second-order valence-electron chi connectivity index (χ2n) is 5.85. The molecule has 0 saturated carbocycles. The Morgan fingerprint density at radius 3 is 2.52 bits per heavy atom. The number of thiazole rings is 1. The van der Waals surface area contributed by atoms with Crippen LogP contribution in [-0.4, -0.2) is 18.1 Å². The van der Waals surface area contributed by atoms with Crippen molar-refractivity contribution in [2.75, 3.05) is 12.4 Å². The summed E-state index contributed by atoms with van der Waals surface area (Å²) in [5.74, 6) is -0.276. The maximum absolute atomic E-state index is 11.2. The Kier molecular flexibility index (Phi) is 4.63. The second kappa shape index (κ2) is 6.26. The van der Waals surface area contributed by atoms with Crippen LogP contribution in [0, 0.1) is 0 Å². The summed E-state index contributed by atoms with van der Waals surface area (Å²) in [4.78, 5) is 15.6. The molecule has 2 rings (SSSR count). The zero-order valence-corrected chi connectivity index (χ0v) is 13.6. The molecule has 0 aliphatic carbocycles. The quantitative estimate of drug-likeness (QED) is 0.870. The number of hydrogen-bond acceptors (Lipinski definition) is 5. The number of hydrogen-bond donors (Lipinski definition) is 1. The Hall–Kier alpha value is -1.88. The van der Waals surface area contributed by atoms with Gasteiger partial charge < -0.3 is 10.1 Å². The molecule has 0 fully saturated rings. The van der Waals surface area contributed by atoms with Crippen LogP contribution >= 0.6 is 11.3 Å². The van der Waals surface area contributed by atoms with Gasteiger partial charge in [0, 0.05) is 11.1 Å². The average molecular weight is 304 g/mol. The van der Waals surface area contributed by atoms with E-state index in [0.717, 1.165) is 16.5 Å². The van der Waals surface area contributed by atoms with E-state index in [2.05, 4.69) is 47.9 Å². The Bertz CT molecular complexity index is 612. The van der Waals surface area contributed by atoms with E-state index in [9.17, 15) is 4.79 Å². The molecule has 2 aromatic rings. The summed E-state index contributed by atoms with van der Waals surface area (Å²) in [5, 5.41) is 5.89. The lowest BCUT2D eigenvalue weighted by Crippen LogP contribution is -2.10. The highest BCUT2D eigenvalue weighted by Crippen LogP contribution is 2.26. The lowest BCUT2D eigenvalue weighted by molar-refractivity contribution is -0.139. The zero-order valence-electron chi connectivity index (χ0n) is 12.8. The van der Waals surface area contributed by atoms with Crippen molar-refractivity contribution in [3.05, 3.63) is 40.9 Å².